The van der Waals surface area contributed by atoms with Crippen LogP contribution in [0.3, 0.4) is 0 Å². The quantitative estimate of drug-likeness (QED) is 0.897. The Balaban J connectivity index is 0.00000161. The average molecular weight is 313 g/mol. The van der Waals surface area contributed by atoms with Crippen LogP contribution in [-0.2, 0) is 10.2 Å². The maximum Gasteiger partial charge on any atom is 0.230 e. The van der Waals surface area contributed by atoms with Gasteiger partial charge in [0.1, 0.15) is 5.82 Å². The number of amides is 1. The van der Waals surface area contributed by atoms with Gasteiger partial charge in [-0.2, -0.15) is 0 Å². The lowest BCUT2D eigenvalue weighted by atomic mass is 9.93. The van der Waals surface area contributed by atoms with E-state index >= 15 is 0 Å². The molecule has 0 heterocycles. The molecule has 3 rings (SSSR count). The minimum Gasteiger partial charge on any atom is -0.352 e. The molecule has 0 bridgehead atoms. The van der Waals surface area contributed by atoms with Crippen LogP contribution in [0.15, 0.2) is 24.3 Å². The smallest absolute Gasteiger partial charge is 0.230 e. The van der Waals surface area contributed by atoms with Crippen molar-refractivity contribution in [2.45, 2.75) is 43.6 Å². The van der Waals surface area contributed by atoms with Crippen molar-refractivity contribution in [2.75, 3.05) is 6.54 Å². The van der Waals surface area contributed by atoms with E-state index in [1.54, 1.807) is 12.1 Å². The SMILES string of the molecule is Cl.NCC1CCCC1NC(=O)C1(c2ccc(F)cc2)CC1. The van der Waals surface area contributed by atoms with Crippen molar-refractivity contribution in [1.82, 2.24) is 5.32 Å². The third kappa shape index (κ3) is 3.06. The number of benzene rings is 1. The molecule has 0 spiro atoms. The average Bonchev–Trinajstić information content (AvgIpc) is 3.15. The van der Waals surface area contributed by atoms with Crippen molar-refractivity contribution in [1.29, 1.82) is 0 Å². The van der Waals surface area contributed by atoms with E-state index in [2.05, 4.69) is 5.32 Å². The molecule has 2 aliphatic carbocycles. The van der Waals surface area contributed by atoms with E-state index in [9.17, 15) is 9.18 Å². The van der Waals surface area contributed by atoms with Crippen LogP contribution in [0.4, 0.5) is 4.39 Å². The molecule has 2 fully saturated rings. The molecule has 1 aromatic rings. The molecule has 3 N–H and O–H groups in total. The number of carbonyl (C=O) groups excluding carboxylic acids is 1. The lowest BCUT2D eigenvalue weighted by Crippen LogP contribution is -2.44. The van der Waals surface area contributed by atoms with Crippen LogP contribution < -0.4 is 11.1 Å². The van der Waals surface area contributed by atoms with Crippen LogP contribution in [0, 0.1) is 11.7 Å². The standard InChI is InChI=1S/C16H21FN2O.ClH/c17-13-6-4-12(5-7-13)16(8-9-16)15(20)19-14-3-1-2-11(14)10-18;/h4-7,11,14H,1-3,8-10,18H2,(H,19,20);1H. The Kier molecular flexibility index (Phi) is 4.89. The summed E-state index contributed by atoms with van der Waals surface area (Å²) in [5, 5.41) is 3.18. The number of carbonyl (C=O) groups is 1. The maximum atomic E-state index is 13.0. The van der Waals surface area contributed by atoms with Crippen molar-refractivity contribution in [3.8, 4) is 0 Å². The fourth-order valence-electron chi connectivity index (χ4n) is 3.36. The molecule has 0 saturated heterocycles. The molecule has 2 unspecified atom stereocenters. The number of nitrogens with two attached hydrogens (primary N) is 1. The normalized spacial score (nSPS) is 26.0. The molecule has 116 valence electrons. The monoisotopic (exact) mass is 312 g/mol. The van der Waals surface area contributed by atoms with Crippen LogP contribution in [0.2, 0.25) is 0 Å². The molecule has 3 nitrogen and oxygen atoms in total. The van der Waals surface area contributed by atoms with Gasteiger partial charge in [-0.3, -0.25) is 4.79 Å². The summed E-state index contributed by atoms with van der Waals surface area (Å²) in [4.78, 5) is 12.6. The predicted molar refractivity (Wildman–Crippen MR) is 82.9 cm³/mol. The zero-order chi connectivity index (χ0) is 14.2. The van der Waals surface area contributed by atoms with E-state index in [1.165, 1.54) is 12.1 Å². The fraction of sp³-hybridized carbons (Fsp3) is 0.562. The largest absolute Gasteiger partial charge is 0.352 e. The summed E-state index contributed by atoms with van der Waals surface area (Å²) in [5.41, 5.74) is 6.27. The number of hydrogen-bond acceptors (Lipinski definition) is 2. The van der Waals surface area contributed by atoms with Crippen molar-refractivity contribution in [2.24, 2.45) is 11.7 Å². The van der Waals surface area contributed by atoms with Crippen LogP contribution in [0.5, 0.6) is 0 Å². The highest BCUT2D eigenvalue weighted by atomic mass is 35.5. The van der Waals surface area contributed by atoms with Gasteiger partial charge < -0.3 is 11.1 Å². The molecular formula is C16H22ClFN2O. The molecule has 0 radical (unpaired) electrons. The second kappa shape index (κ2) is 6.32. The van der Waals surface area contributed by atoms with Gasteiger partial charge in [-0.15, -0.1) is 12.4 Å². The Morgan fingerprint density at radius 2 is 1.95 bits per heavy atom. The summed E-state index contributed by atoms with van der Waals surface area (Å²) in [6.45, 7) is 0.633. The zero-order valence-electron chi connectivity index (χ0n) is 12.0. The van der Waals surface area contributed by atoms with E-state index in [0.717, 1.165) is 37.7 Å². The predicted octanol–water partition coefficient (Wildman–Crippen LogP) is 2.52. The fourth-order valence-corrected chi connectivity index (χ4v) is 3.36. The van der Waals surface area contributed by atoms with Crippen LogP contribution in [0.25, 0.3) is 0 Å². The second-order valence-electron chi connectivity index (χ2n) is 6.10. The molecule has 1 aromatic carbocycles. The third-order valence-electron chi connectivity index (χ3n) is 4.86. The summed E-state index contributed by atoms with van der Waals surface area (Å²) in [6.07, 6.45) is 4.96. The minimum atomic E-state index is -0.421. The molecule has 2 aliphatic rings. The Morgan fingerprint density at radius 3 is 2.52 bits per heavy atom. The van der Waals surface area contributed by atoms with Crippen molar-refractivity contribution in [3.63, 3.8) is 0 Å². The first-order chi connectivity index (χ1) is 9.65. The first kappa shape index (κ1) is 16.2. The molecule has 21 heavy (non-hydrogen) atoms. The van der Waals surface area contributed by atoms with Gasteiger partial charge in [-0.25, -0.2) is 4.39 Å². The van der Waals surface area contributed by atoms with Gasteiger partial charge in [0.15, 0.2) is 0 Å². The highest BCUT2D eigenvalue weighted by Crippen LogP contribution is 2.48. The van der Waals surface area contributed by atoms with E-state index in [4.69, 9.17) is 5.73 Å². The Hall–Kier alpha value is -1.13. The molecule has 2 saturated carbocycles. The van der Waals surface area contributed by atoms with Crippen LogP contribution in [-0.4, -0.2) is 18.5 Å². The van der Waals surface area contributed by atoms with Gasteiger partial charge in [0, 0.05) is 6.04 Å². The number of halogens is 2. The molecule has 1 amide bonds. The summed E-state index contributed by atoms with van der Waals surface area (Å²) < 4.78 is 13.0. The van der Waals surface area contributed by atoms with Gasteiger partial charge in [0.05, 0.1) is 5.41 Å². The van der Waals surface area contributed by atoms with E-state index in [1.807, 2.05) is 0 Å². The molecule has 2 atom stereocenters. The van der Waals surface area contributed by atoms with Gasteiger partial charge in [0.25, 0.3) is 0 Å². The number of rotatable bonds is 4. The maximum absolute atomic E-state index is 13.0. The highest BCUT2D eigenvalue weighted by molar-refractivity contribution is 5.91. The molecule has 5 heteroatoms. The topological polar surface area (TPSA) is 55.1 Å². The highest BCUT2D eigenvalue weighted by Gasteiger charge is 2.52. The zero-order valence-corrected chi connectivity index (χ0v) is 12.8. The lowest BCUT2D eigenvalue weighted by Gasteiger charge is -2.23. The Morgan fingerprint density at radius 1 is 1.29 bits per heavy atom. The van der Waals surface area contributed by atoms with Crippen LogP contribution in [0.1, 0.15) is 37.7 Å². The second-order valence-corrected chi connectivity index (χ2v) is 6.10. The van der Waals surface area contributed by atoms with Gasteiger partial charge >= 0.3 is 0 Å². The van der Waals surface area contributed by atoms with Crippen molar-refractivity contribution >= 4 is 18.3 Å². The van der Waals surface area contributed by atoms with Gasteiger partial charge in [0.2, 0.25) is 5.91 Å². The van der Waals surface area contributed by atoms with Crippen molar-refractivity contribution in [3.05, 3.63) is 35.6 Å². The van der Waals surface area contributed by atoms with Gasteiger partial charge in [-0.1, -0.05) is 18.6 Å². The number of hydrogen-bond donors (Lipinski definition) is 2. The minimum absolute atomic E-state index is 0. The van der Waals surface area contributed by atoms with E-state index in [-0.39, 0.29) is 30.2 Å². The summed E-state index contributed by atoms with van der Waals surface area (Å²) in [6, 6.07) is 6.54. The molecular weight excluding hydrogens is 291 g/mol. The number of nitrogens with one attached hydrogen (secondary N) is 1. The Labute approximate surface area is 130 Å². The summed E-state index contributed by atoms with van der Waals surface area (Å²) in [7, 11) is 0. The molecule has 0 aliphatic heterocycles. The van der Waals surface area contributed by atoms with Gasteiger partial charge in [-0.05, 0) is 55.8 Å². The van der Waals surface area contributed by atoms with E-state index in [0.29, 0.717) is 12.5 Å². The summed E-state index contributed by atoms with van der Waals surface area (Å²) in [5.74, 6) is 0.237. The Bertz CT molecular complexity index is 502. The van der Waals surface area contributed by atoms with Crippen LogP contribution >= 0.6 is 12.4 Å². The van der Waals surface area contributed by atoms with Crippen molar-refractivity contribution < 1.29 is 9.18 Å². The lowest BCUT2D eigenvalue weighted by molar-refractivity contribution is -0.124. The summed E-state index contributed by atoms with van der Waals surface area (Å²) >= 11 is 0. The third-order valence-corrected chi connectivity index (χ3v) is 4.86. The first-order valence-corrected chi connectivity index (χ1v) is 7.43. The first-order valence-electron chi connectivity index (χ1n) is 7.43. The molecule has 0 aromatic heterocycles. The van der Waals surface area contributed by atoms with E-state index < -0.39 is 5.41 Å².